The Bertz CT molecular complexity index is 2140. The maximum atomic E-state index is 14.3. The van der Waals surface area contributed by atoms with Crippen LogP contribution in [0, 0.1) is 6.92 Å². The molecule has 0 bridgehead atoms. The number of likely N-dealkylation sites (tertiary alicyclic amines) is 1. The zero-order valence-corrected chi connectivity index (χ0v) is 27.7. The molecule has 0 aliphatic carbocycles. The van der Waals surface area contributed by atoms with Crippen LogP contribution < -0.4 is 0 Å². The summed E-state index contributed by atoms with van der Waals surface area (Å²) < 4.78 is 54.2. The number of halogens is 1. The van der Waals surface area contributed by atoms with Crippen molar-refractivity contribution < 1.29 is 21.9 Å². The summed E-state index contributed by atoms with van der Waals surface area (Å²) in [4.78, 5) is 12.0. The van der Waals surface area contributed by atoms with E-state index < -0.39 is 31.2 Å². The van der Waals surface area contributed by atoms with Gasteiger partial charge in [-0.15, -0.1) is 11.3 Å². The van der Waals surface area contributed by atoms with Crippen LogP contribution in [0.25, 0.3) is 32.7 Å². The highest BCUT2D eigenvalue weighted by molar-refractivity contribution is 7.91. The highest BCUT2D eigenvalue weighted by atomic mass is 35.5. The van der Waals surface area contributed by atoms with E-state index in [1.54, 1.807) is 36.5 Å². The van der Waals surface area contributed by atoms with E-state index >= 15 is 0 Å². The van der Waals surface area contributed by atoms with Crippen LogP contribution in [-0.2, 0) is 32.0 Å². The van der Waals surface area contributed by atoms with Crippen LogP contribution in [0.5, 0.6) is 0 Å². The van der Waals surface area contributed by atoms with Crippen molar-refractivity contribution in [2.45, 2.75) is 43.2 Å². The molecule has 3 aromatic heterocycles. The van der Waals surface area contributed by atoms with Crippen LogP contribution in [0.4, 0.5) is 0 Å². The largest absolute Gasteiger partial charge is 0.382 e. The Kier molecular flexibility index (Phi) is 7.65. The lowest BCUT2D eigenvalue weighted by Gasteiger charge is -2.16. The number of pyridine rings is 1. The Hall–Kier alpha value is -3.13. The Morgan fingerprint density at radius 1 is 1.02 bits per heavy atom. The topological polar surface area (TPSA) is 122 Å². The molecule has 5 aromatic rings. The first-order valence-electron chi connectivity index (χ1n) is 14.7. The predicted octanol–water partition coefficient (Wildman–Crippen LogP) is 5.63. The van der Waals surface area contributed by atoms with E-state index in [-0.39, 0.29) is 32.7 Å². The van der Waals surface area contributed by atoms with E-state index in [2.05, 4.69) is 14.9 Å². The van der Waals surface area contributed by atoms with E-state index in [4.69, 9.17) is 11.6 Å². The third-order valence-electron chi connectivity index (χ3n) is 8.59. The lowest BCUT2D eigenvalue weighted by molar-refractivity contribution is 0.0650. The van der Waals surface area contributed by atoms with Crippen molar-refractivity contribution in [2.75, 3.05) is 24.6 Å². The number of aryl methyl sites for hydroxylation is 1. The van der Waals surface area contributed by atoms with Gasteiger partial charge in [0.05, 0.1) is 32.0 Å². The van der Waals surface area contributed by atoms with Gasteiger partial charge in [0.1, 0.15) is 10.6 Å². The molecule has 0 saturated carbocycles. The van der Waals surface area contributed by atoms with E-state index in [9.17, 15) is 21.9 Å². The fraction of sp³-hybridized carbons (Fsp3) is 0.312. The van der Waals surface area contributed by atoms with Crippen LogP contribution >= 0.6 is 22.9 Å². The molecule has 0 radical (unpaired) electrons. The number of aromatic nitrogens is 3. The minimum absolute atomic E-state index is 0.0604. The number of fused-ring (bicyclic) bond motifs is 1. The SMILES string of the molecule is Cc1ccc(S(=O)(=O)n2c(-c3ccc(CN4CCCC4)cc3)cc3c(-c4cnc(C5(O)CCS(=O)(=O)C5)s4)c(Cl)cnc32)cc1. The Labute approximate surface area is 271 Å². The second kappa shape index (κ2) is 11.3. The molecule has 5 heterocycles. The van der Waals surface area contributed by atoms with Gasteiger partial charge in [0.15, 0.2) is 15.5 Å². The first-order chi connectivity index (χ1) is 21.4. The van der Waals surface area contributed by atoms with Crippen molar-refractivity contribution >= 4 is 53.8 Å². The predicted molar refractivity (Wildman–Crippen MR) is 177 cm³/mol. The quantitative estimate of drug-likeness (QED) is 0.235. The standard InChI is InChI=1S/C32H31ClN4O5S3/c1-21-4-10-24(11-5-21)45(41,42)37-27(23-8-6-22(7-9-23)19-36-13-2-3-14-36)16-25-29(26(33)17-34-30(25)37)28-18-35-31(43-28)32(38)12-15-44(39,40)20-32/h4-11,16-18,38H,2-3,12-15,19-20H2,1H3. The highest BCUT2D eigenvalue weighted by Crippen LogP contribution is 2.44. The van der Waals surface area contributed by atoms with Gasteiger partial charge in [0, 0.05) is 29.9 Å². The second-order valence-corrected chi connectivity index (χ2v) is 17.3. The summed E-state index contributed by atoms with van der Waals surface area (Å²) in [5.41, 5.74) is 2.35. The Morgan fingerprint density at radius 3 is 2.40 bits per heavy atom. The Balaban J connectivity index is 1.39. The molecule has 9 nitrogen and oxygen atoms in total. The van der Waals surface area contributed by atoms with Crippen molar-refractivity contribution in [1.29, 1.82) is 0 Å². The zero-order valence-electron chi connectivity index (χ0n) is 24.5. The summed E-state index contributed by atoms with van der Waals surface area (Å²) in [6.45, 7) is 4.89. The average molecular weight is 683 g/mol. The van der Waals surface area contributed by atoms with E-state index in [0.717, 1.165) is 42.1 Å². The minimum Gasteiger partial charge on any atom is -0.382 e. The molecule has 2 fully saturated rings. The van der Waals surface area contributed by atoms with Gasteiger partial charge in [-0.3, -0.25) is 4.90 Å². The maximum Gasteiger partial charge on any atom is 0.269 e. The lowest BCUT2D eigenvalue weighted by atomic mass is 10.1. The van der Waals surface area contributed by atoms with Crippen LogP contribution in [-0.4, -0.2) is 65.4 Å². The molecule has 1 N–H and O–H groups in total. The minimum atomic E-state index is -4.11. The van der Waals surface area contributed by atoms with Gasteiger partial charge in [-0.2, -0.15) is 0 Å². The Morgan fingerprint density at radius 2 is 1.73 bits per heavy atom. The van der Waals surface area contributed by atoms with Gasteiger partial charge >= 0.3 is 0 Å². The number of aliphatic hydroxyl groups is 1. The van der Waals surface area contributed by atoms with Gasteiger partial charge in [-0.25, -0.2) is 30.8 Å². The molecule has 1 unspecified atom stereocenters. The van der Waals surface area contributed by atoms with Crippen LogP contribution in [0.2, 0.25) is 5.02 Å². The molecule has 234 valence electrons. The average Bonchev–Trinajstić information content (AvgIpc) is 3.80. The van der Waals surface area contributed by atoms with Gasteiger partial charge in [0.2, 0.25) is 0 Å². The first kappa shape index (κ1) is 30.5. The highest BCUT2D eigenvalue weighted by Gasteiger charge is 2.44. The molecule has 45 heavy (non-hydrogen) atoms. The molecular weight excluding hydrogens is 652 g/mol. The van der Waals surface area contributed by atoms with Gasteiger partial charge in [-0.05, 0) is 68.6 Å². The van der Waals surface area contributed by atoms with Crippen molar-refractivity contribution in [3.8, 4) is 21.7 Å². The number of thiazole rings is 1. The first-order valence-corrected chi connectivity index (χ1v) is 19.1. The normalized spacial score (nSPS) is 20.3. The molecular formula is C32H31ClN4O5S3. The number of sulfone groups is 1. The fourth-order valence-electron chi connectivity index (χ4n) is 6.20. The molecule has 0 spiro atoms. The molecule has 2 aliphatic rings. The number of benzene rings is 2. The van der Waals surface area contributed by atoms with E-state index in [0.29, 0.717) is 27.1 Å². The van der Waals surface area contributed by atoms with Gasteiger partial charge < -0.3 is 5.11 Å². The summed E-state index contributed by atoms with van der Waals surface area (Å²) in [5.74, 6) is -0.506. The van der Waals surface area contributed by atoms with Crippen molar-refractivity contribution in [3.63, 3.8) is 0 Å². The smallest absolute Gasteiger partial charge is 0.269 e. The molecule has 2 aliphatic heterocycles. The maximum absolute atomic E-state index is 14.3. The molecule has 2 aromatic carbocycles. The van der Waals surface area contributed by atoms with Crippen LogP contribution in [0.3, 0.4) is 0 Å². The van der Waals surface area contributed by atoms with Gasteiger partial charge in [0.25, 0.3) is 10.0 Å². The number of rotatable bonds is 7. The monoisotopic (exact) mass is 682 g/mol. The third-order valence-corrected chi connectivity index (χ3v) is 13.5. The molecule has 7 rings (SSSR count). The summed E-state index contributed by atoms with van der Waals surface area (Å²) in [6, 6.07) is 16.4. The number of nitrogens with zero attached hydrogens (tertiary/aromatic N) is 4. The number of hydrogen-bond acceptors (Lipinski definition) is 9. The summed E-state index contributed by atoms with van der Waals surface area (Å²) >= 11 is 7.88. The van der Waals surface area contributed by atoms with Crippen molar-refractivity contribution in [3.05, 3.63) is 88.1 Å². The summed E-state index contributed by atoms with van der Waals surface area (Å²) in [6.07, 6.45) is 5.42. The van der Waals surface area contributed by atoms with Crippen LogP contribution in [0.15, 0.2) is 71.9 Å². The summed E-state index contributed by atoms with van der Waals surface area (Å²) in [7, 11) is -7.49. The van der Waals surface area contributed by atoms with E-state index in [1.807, 2.05) is 31.2 Å². The van der Waals surface area contributed by atoms with Crippen molar-refractivity contribution in [2.24, 2.45) is 0 Å². The zero-order chi connectivity index (χ0) is 31.6. The third kappa shape index (κ3) is 5.61. The molecule has 0 amide bonds. The molecule has 13 heteroatoms. The lowest BCUT2D eigenvalue weighted by Crippen LogP contribution is -2.26. The van der Waals surface area contributed by atoms with E-state index in [1.165, 1.54) is 23.0 Å². The van der Waals surface area contributed by atoms with Crippen molar-refractivity contribution in [1.82, 2.24) is 18.8 Å². The number of hydrogen-bond donors (Lipinski definition) is 1. The fourth-order valence-corrected chi connectivity index (χ4v) is 11.0. The molecule has 1 atom stereocenters. The second-order valence-electron chi connectivity index (χ2n) is 11.9. The molecule has 2 saturated heterocycles. The van der Waals surface area contributed by atoms with Gasteiger partial charge in [-0.1, -0.05) is 53.6 Å². The summed E-state index contributed by atoms with van der Waals surface area (Å²) in [5, 5.41) is 12.2. The van der Waals surface area contributed by atoms with Crippen LogP contribution in [0.1, 0.15) is 35.4 Å².